The summed E-state index contributed by atoms with van der Waals surface area (Å²) in [6.45, 7) is 8.22. The first-order valence-corrected chi connectivity index (χ1v) is 9.68. The summed E-state index contributed by atoms with van der Waals surface area (Å²) >= 11 is 9.16. The molecule has 0 atom stereocenters. The molecule has 124 valence electrons. The molecule has 0 amide bonds. The van der Waals surface area contributed by atoms with E-state index in [9.17, 15) is 4.79 Å². The van der Waals surface area contributed by atoms with Crippen LogP contribution in [0.15, 0.2) is 46.9 Å². The van der Waals surface area contributed by atoms with Crippen molar-refractivity contribution in [3.63, 3.8) is 0 Å². The van der Waals surface area contributed by atoms with Gasteiger partial charge in [0.25, 0.3) is 5.56 Å². The van der Waals surface area contributed by atoms with E-state index in [1.807, 2.05) is 38.1 Å². The zero-order valence-corrected chi connectivity index (χ0v) is 15.9. The number of fused-ring (bicyclic) bond motifs is 1. The topological polar surface area (TPSA) is 34.9 Å². The van der Waals surface area contributed by atoms with Crippen LogP contribution in [0.3, 0.4) is 0 Å². The quantitative estimate of drug-likeness (QED) is 0.348. The molecule has 3 aromatic rings. The summed E-state index contributed by atoms with van der Waals surface area (Å²) in [7, 11) is 0. The highest BCUT2D eigenvalue weighted by atomic mass is 35.5. The molecule has 0 aliphatic heterocycles. The number of hydrogen-bond acceptors (Lipinski definition) is 4. The number of halogens is 1. The summed E-state index contributed by atoms with van der Waals surface area (Å²) in [5, 5.41) is 2.16. The number of aromatic nitrogens is 2. The molecule has 0 aliphatic carbocycles. The Morgan fingerprint density at radius 3 is 2.92 bits per heavy atom. The average Bonchev–Trinajstić information content (AvgIpc) is 2.83. The largest absolute Gasteiger partial charge is 0.283 e. The lowest BCUT2D eigenvalue weighted by molar-refractivity contribution is 0.672. The molecule has 0 fully saturated rings. The third-order valence-electron chi connectivity index (χ3n) is 3.82. The maximum atomic E-state index is 12.9. The summed E-state index contributed by atoms with van der Waals surface area (Å²) < 4.78 is 1.70. The highest BCUT2D eigenvalue weighted by Crippen LogP contribution is 2.29. The van der Waals surface area contributed by atoms with Crippen molar-refractivity contribution in [1.82, 2.24) is 9.55 Å². The Bertz CT molecular complexity index is 975. The molecule has 0 aliphatic rings. The van der Waals surface area contributed by atoms with E-state index in [4.69, 9.17) is 16.6 Å². The van der Waals surface area contributed by atoms with E-state index in [2.05, 4.69) is 6.58 Å². The SMILES string of the molecule is C=CCn1c(SCc2cccc(Cl)c2)nc2sc(C)c(C)c2c1=O. The number of thiophene rings is 1. The molecule has 0 bridgehead atoms. The third kappa shape index (κ3) is 3.29. The normalized spacial score (nSPS) is 11.1. The Hall–Kier alpha value is -1.56. The van der Waals surface area contributed by atoms with Gasteiger partial charge in [-0.05, 0) is 37.1 Å². The maximum absolute atomic E-state index is 12.9. The number of hydrogen-bond donors (Lipinski definition) is 0. The van der Waals surface area contributed by atoms with Crippen LogP contribution in [0.4, 0.5) is 0 Å². The van der Waals surface area contributed by atoms with Gasteiger partial charge in [-0.15, -0.1) is 17.9 Å². The van der Waals surface area contributed by atoms with Gasteiger partial charge in [0.05, 0.1) is 5.39 Å². The second kappa shape index (κ2) is 7.13. The Balaban J connectivity index is 2.04. The van der Waals surface area contributed by atoms with E-state index < -0.39 is 0 Å². The lowest BCUT2D eigenvalue weighted by atomic mass is 10.2. The molecule has 24 heavy (non-hydrogen) atoms. The first-order chi connectivity index (χ1) is 11.5. The van der Waals surface area contributed by atoms with Crippen LogP contribution < -0.4 is 5.56 Å². The standard InChI is InChI=1S/C18H17ClN2OS2/c1-4-8-21-17(22)15-11(2)12(3)24-16(15)20-18(21)23-10-13-6-5-7-14(19)9-13/h4-7,9H,1,8,10H2,2-3H3. The number of aryl methyl sites for hydroxylation is 2. The third-order valence-corrected chi connectivity index (χ3v) is 6.21. The number of benzene rings is 1. The van der Waals surface area contributed by atoms with Crippen LogP contribution in [-0.2, 0) is 12.3 Å². The lowest BCUT2D eigenvalue weighted by Gasteiger charge is -2.10. The van der Waals surface area contributed by atoms with Gasteiger partial charge in [-0.3, -0.25) is 9.36 Å². The smallest absolute Gasteiger partial charge is 0.263 e. The summed E-state index contributed by atoms with van der Waals surface area (Å²) in [6.07, 6.45) is 1.73. The van der Waals surface area contributed by atoms with Gasteiger partial charge < -0.3 is 0 Å². The first-order valence-electron chi connectivity index (χ1n) is 7.50. The molecule has 0 saturated carbocycles. The molecule has 3 nitrogen and oxygen atoms in total. The van der Waals surface area contributed by atoms with E-state index in [0.717, 1.165) is 26.2 Å². The van der Waals surface area contributed by atoms with E-state index in [1.165, 1.54) is 0 Å². The highest BCUT2D eigenvalue weighted by molar-refractivity contribution is 7.98. The van der Waals surface area contributed by atoms with E-state index in [-0.39, 0.29) is 5.56 Å². The van der Waals surface area contributed by atoms with Crippen LogP contribution >= 0.6 is 34.7 Å². The van der Waals surface area contributed by atoms with Crippen LogP contribution in [-0.4, -0.2) is 9.55 Å². The predicted octanol–water partition coefficient (Wildman–Crippen LogP) is 5.21. The van der Waals surface area contributed by atoms with Crippen molar-refractivity contribution in [3.05, 3.63) is 68.3 Å². The molecule has 0 N–H and O–H groups in total. The fourth-order valence-electron chi connectivity index (χ4n) is 2.48. The molecule has 6 heteroatoms. The zero-order valence-electron chi connectivity index (χ0n) is 13.5. The van der Waals surface area contributed by atoms with Crippen molar-refractivity contribution in [2.75, 3.05) is 0 Å². The lowest BCUT2D eigenvalue weighted by Crippen LogP contribution is -2.22. The summed E-state index contributed by atoms with van der Waals surface area (Å²) in [6, 6.07) is 7.73. The van der Waals surface area contributed by atoms with Crippen molar-refractivity contribution in [2.45, 2.75) is 31.3 Å². The summed E-state index contributed by atoms with van der Waals surface area (Å²) in [4.78, 5) is 19.6. The monoisotopic (exact) mass is 376 g/mol. The van der Waals surface area contributed by atoms with Gasteiger partial charge in [-0.2, -0.15) is 0 Å². The number of allylic oxidation sites excluding steroid dienone is 1. The summed E-state index contributed by atoms with van der Waals surface area (Å²) in [5.74, 6) is 0.707. The average molecular weight is 377 g/mol. The van der Waals surface area contributed by atoms with Crippen molar-refractivity contribution in [2.24, 2.45) is 0 Å². The van der Waals surface area contributed by atoms with Crippen LogP contribution in [0, 0.1) is 13.8 Å². The maximum Gasteiger partial charge on any atom is 0.263 e. The van der Waals surface area contributed by atoms with Crippen molar-refractivity contribution < 1.29 is 0 Å². The minimum Gasteiger partial charge on any atom is -0.283 e. The van der Waals surface area contributed by atoms with Crippen LogP contribution in [0.1, 0.15) is 16.0 Å². The number of nitrogens with zero attached hydrogens (tertiary/aromatic N) is 2. The fraction of sp³-hybridized carbons (Fsp3) is 0.222. The Morgan fingerprint density at radius 1 is 1.42 bits per heavy atom. The van der Waals surface area contributed by atoms with Crippen molar-refractivity contribution in [1.29, 1.82) is 0 Å². The number of thioether (sulfide) groups is 1. The second-order valence-corrected chi connectivity index (χ2v) is 8.06. The molecule has 2 aromatic heterocycles. The first kappa shape index (κ1) is 17.3. The van der Waals surface area contributed by atoms with Gasteiger partial charge >= 0.3 is 0 Å². The Morgan fingerprint density at radius 2 is 2.21 bits per heavy atom. The van der Waals surface area contributed by atoms with Gasteiger partial charge in [0.1, 0.15) is 4.83 Å². The fourth-order valence-corrected chi connectivity index (χ4v) is 4.72. The molecule has 0 unspecified atom stereocenters. The second-order valence-electron chi connectivity index (χ2n) is 5.48. The van der Waals surface area contributed by atoms with Gasteiger partial charge in [0.15, 0.2) is 5.16 Å². The molecule has 1 aromatic carbocycles. The molecular formula is C18H17ClN2OS2. The summed E-state index contributed by atoms with van der Waals surface area (Å²) in [5.41, 5.74) is 2.14. The highest BCUT2D eigenvalue weighted by Gasteiger charge is 2.16. The molecule has 3 rings (SSSR count). The minimum atomic E-state index is 0.00958. The Labute approximate surface area is 154 Å². The molecular weight excluding hydrogens is 360 g/mol. The number of rotatable bonds is 5. The van der Waals surface area contributed by atoms with Gasteiger partial charge in [0, 0.05) is 22.2 Å². The van der Waals surface area contributed by atoms with E-state index in [0.29, 0.717) is 22.5 Å². The molecule has 0 spiro atoms. The van der Waals surface area contributed by atoms with Gasteiger partial charge in [0.2, 0.25) is 0 Å². The predicted molar refractivity (Wildman–Crippen MR) is 105 cm³/mol. The minimum absolute atomic E-state index is 0.00958. The van der Waals surface area contributed by atoms with E-state index in [1.54, 1.807) is 33.7 Å². The van der Waals surface area contributed by atoms with Gasteiger partial charge in [-0.1, -0.05) is 41.6 Å². The molecule has 2 heterocycles. The van der Waals surface area contributed by atoms with Crippen LogP contribution in [0.2, 0.25) is 5.02 Å². The van der Waals surface area contributed by atoms with Crippen LogP contribution in [0.5, 0.6) is 0 Å². The zero-order chi connectivity index (χ0) is 17.3. The van der Waals surface area contributed by atoms with Crippen molar-refractivity contribution in [3.8, 4) is 0 Å². The van der Waals surface area contributed by atoms with E-state index >= 15 is 0 Å². The van der Waals surface area contributed by atoms with Gasteiger partial charge in [-0.25, -0.2) is 4.98 Å². The molecule has 0 radical (unpaired) electrons. The molecule has 0 saturated heterocycles. The van der Waals surface area contributed by atoms with Crippen LogP contribution in [0.25, 0.3) is 10.2 Å². The Kier molecular flexibility index (Phi) is 5.13. The van der Waals surface area contributed by atoms with Crippen molar-refractivity contribution >= 4 is 44.9 Å².